The van der Waals surface area contributed by atoms with Gasteiger partial charge in [0.2, 0.25) is 5.91 Å². The lowest BCUT2D eigenvalue weighted by molar-refractivity contribution is -0.134. The van der Waals surface area contributed by atoms with Crippen molar-refractivity contribution in [1.82, 2.24) is 9.80 Å². The fourth-order valence-electron chi connectivity index (χ4n) is 4.90. The van der Waals surface area contributed by atoms with Crippen LogP contribution in [0, 0.1) is 17.8 Å². The minimum atomic E-state index is 0.0794. The molecule has 128 valence electrons. The quantitative estimate of drug-likeness (QED) is 0.857. The van der Waals surface area contributed by atoms with Crippen LogP contribution in [0.5, 0.6) is 0 Å². The van der Waals surface area contributed by atoms with Gasteiger partial charge >= 0.3 is 0 Å². The van der Waals surface area contributed by atoms with Gasteiger partial charge in [-0.2, -0.15) is 0 Å². The zero-order valence-corrected chi connectivity index (χ0v) is 14.2. The fourth-order valence-corrected chi connectivity index (χ4v) is 4.90. The van der Waals surface area contributed by atoms with Gasteiger partial charge < -0.3 is 9.80 Å². The van der Waals surface area contributed by atoms with Crippen molar-refractivity contribution in [2.24, 2.45) is 17.8 Å². The largest absolute Gasteiger partial charge is 0.339 e. The normalized spacial score (nSPS) is 29.1. The SMILES string of the molecule is O=C(C[C@@H]1C[C@H]2CC[C@H]1C2)N1CCN(C(=O)c2ccccc2)CC1. The summed E-state index contributed by atoms with van der Waals surface area (Å²) in [5.74, 6) is 2.71. The van der Waals surface area contributed by atoms with Crippen molar-refractivity contribution >= 4 is 11.8 Å². The molecule has 1 saturated heterocycles. The van der Waals surface area contributed by atoms with E-state index in [4.69, 9.17) is 0 Å². The maximum atomic E-state index is 12.6. The molecule has 4 nitrogen and oxygen atoms in total. The van der Waals surface area contributed by atoms with E-state index in [1.54, 1.807) is 0 Å². The summed E-state index contributed by atoms with van der Waals surface area (Å²) in [5.41, 5.74) is 0.735. The third-order valence-electron chi connectivity index (χ3n) is 6.26. The highest BCUT2D eigenvalue weighted by Gasteiger charge is 2.40. The number of amides is 2. The maximum Gasteiger partial charge on any atom is 0.253 e. The van der Waals surface area contributed by atoms with E-state index in [2.05, 4.69) is 0 Å². The van der Waals surface area contributed by atoms with Gasteiger partial charge in [-0.05, 0) is 49.1 Å². The highest BCUT2D eigenvalue weighted by Crippen LogP contribution is 2.49. The second-order valence-electron chi connectivity index (χ2n) is 7.68. The number of carbonyl (C=O) groups is 2. The number of benzene rings is 1. The van der Waals surface area contributed by atoms with Crippen molar-refractivity contribution < 1.29 is 9.59 Å². The number of piperazine rings is 1. The Bertz CT molecular complexity index is 607. The van der Waals surface area contributed by atoms with Crippen LogP contribution in [0.15, 0.2) is 30.3 Å². The average Bonchev–Trinajstić information content (AvgIpc) is 3.25. The third-order valence-corrected chi connectivity index (χ3v) is 6.26. The van der Waals surface area contributed by atoms with Crippen LogP contribution in [-0.4, -0.2) is 47.8 Å². The fraction of sp³-hybridized carbons (Fsp3) is 0.600. The highest BCUT2D eigenvalue weighted by molar-refractivity contribution is 5.94. The summed E-state index contributed by atoms with van der Waals surface area (Å²) >= 11 is 0. The Kier molecular flexibility index (Phi) is 4.30. The number of fused-ring (bicyclic) bond motifs is 2. The molecule has 4 rings (SSSR count). The smallest absolute Gasteiger partial charge is 0.253 e. The topological polar surface area (TPSA) is 40.6 Å². The monoisotopic (exact) mass is 326 g/mol. The molecule has 1 heterocycles. The van der Waals surface area contributed by atoms with Crippen LogP contribution in [-0.2, 0) is 4.79 Å². The number of rotatable bonds is 3. The summed E-state index contributed by atoms with van der Waals surface area (Å²) in [7, 11) is 0. The Morgan fingerprint density at radius 2 is 1.62 bits per heavy atom. The minimum absolute atomic E-state index is 0.0794. The third kappa shape index (κ3) is 3.06. The molecule has 1 aromatic carbocycles. The van der Waals surface area contributed by atoms with E-state index in [0.717, 1.165) is 23.8 Å². The van der Waals surface area contributed by atoms with Gasteiger partial charge in [0, 0.05) is 38.2 Å². The van der Waals surface area contributed by atoms with Crippen molar-refractivity contribution in [2.75, 3.05) is 26.2 Å². The summed E-state index contributed by atoms with van der Waals surface area (Å²) in [5, 5.41) is 0. The van der Waals surface area contributed by atoms with Crippen LogP contribution in [0.2, 0.25) is 0 Å². The van der Waals surface area contributed by atoms with Crippen LogP contribution < -0.4 is 0 Å². The molecule has 2 aliphatic carbocycles. The van der Waals surface area contributed by atoms with Crippen LogP contribution in [0.3, 0.4) is 0 Å². The zero-order chi connectivity index (χ0) is 16.5. The number of nitrogens with zero attached hydrogens (tertiary/aromatic N) is 2. The molecule has 1 aromatic rings. The van der Waals surface area contributed by atoms with Crippen LogP contribution >= 0.6 is 0 Å². The molecule has 3 aliphatic rings. The first-order valence-electron chi connectivity index (χ1n) is 9.33. The zero-order valence-electron chi connectivity index (χ0n) is 14.2. The lowest BCUT2D eigenvalue weighted by atomic mass is 9.86. The molecule has 0 spiro atoms. The molecule has 0 unspecified atom stereocenters. The second kappa shape index (κ2) is 6.58. The second-order valence-corrected chi connectivity index (χ2v) is 7.68. The summed E-state index contributed by atoms with van der Waals surface area (Å²) in [6.07, 6.45) is 6.07. The van der Waals surface area contributed by atoms with Gasteiger partial charge in [0.05, 0.1) is 0 Å². The first-order chi connectivity index (χ1) is 11.7. The highest BCUT2D eigenvalue weighted by atomic mass is 16.2. The predicted octanol–water partition coefficient (Wildman–Crippen LogP) is 2.80. The van der Waals surface area contributed by atoms with Gasteiger partial charge in [0.15, 0.2) is 0 Å². The maximum absolute atomic E-state index is 12.6. The number of hydrogen-bond acceptors (Lipinski definition) is 2. The summed E-state index contributed by atoms with van der Waals surface area (Å²) in [6, 6.07) is 9.41. The molecule has 1 aliphatic heterocycles. The molecule has 4 heteroatoms. The molecule has 0 aromatic heterocycles. The van der Waals surface area contributed by atoms with E-state index >= 15 is 0 Å². The summed E-state index contributed by atoms with van der Waals surface area (Å²) in [4.78, 5) is 28.9. The van der Waals surface area contributed by atoms with Crippen molar-refractivity contribution in [3.63, 3.8) is 0 Å². The van der Waals surface area contributed by atoms with Gasteiger partial charge in [-0.1, -0.05) is 24.6 Å². The van der Waals surface area contributed by atoms with E-state index in [1.165, 1.54) is 25.7 Å². The van der Waals surface area contributed by atoms with Gasteiger partial charge in [-0.3, -0.25) is 9.59 Å². The van der Waals surface area contributed by atoms with Crippen LogP contribution in [0.1, 0.15) is 42.5 Å². The molecule has 2 amide bonds. The number of hydrogen-bond donors (Lipinski definition) is 0. The van der Waals surface area contributed by atoms with Gasteiger partial charge in [0.1, 0.15) is 0 Å². The minimum Gasteiger partial charge on any atom is -0.339 e. The molecule has 0 N–H and O–H groups in total. The summed E-state index contributed by atoms with van der Waals surface area (Å²) < 4.78 is 0. The van der Waals surface area contributed by atoms with E-state index in [1.807, 2.05) is 40.1 Å². The van der Waals surface area contributed by atoms with Crippen molar-refractivity contribution in [3.05, 3.63) is 35.9 Å². The molecule has 3 atom stereocenters. The molecule has 0 radical (unpaired) electrons. The Morgan fingerprint density at radius 1 is 0.917 bits per heavy atom. The van der Waals surface area contributed by atoms with Gasteiger partial charge in [-0.25, -0.2) is 0 Å². The van der Waals surface area contributed by atoms with E-state index < -0.39 is 0 Å². The first kappa shape index (κ1) is 15.7. The van der Waals surface area contributed by atoms with Crippen LogP contribution in [0.25, 0.3) is 0 Å². The van der Waals surface area contributed by atoms with Gasteiger partial charge in [0.25, 0.3) is 5.91 Å². The average molecular weight is 326 g/mol. The molecule has 24 heavy (non-hydrogen) atoms. The number of carbonyl (C=O) groups excluding carboxylic acids is 2. The lowest BCUT2D eigenvalue weighted by Crippen LogP contribution is -2.51. The van der Waals surface area contributed by atoms with E-state index in [9.17, 15) is 9.59 Å². The molecular formula is C20H26N2O2. The summed E-state index contributed by atoms with van der Waals surface area (Å²) in [6.45, 7) is 2.66. The van der Waals surface area contributed by atoms with E-state index in [0.29, 0.717) is 38.0 Å². The van der Waals surface area contributed by atoms with Crippen molar-refractivity contribution in [2.45, 2.75) is 32.1 Å². The van der Waals surface area contributed by atoms with Gasteiger partial charge in [-0.15, -0.1) is 0 Å². The molecule has 3 fully saturated rings. The first-order valence-corrected chi connectivity index (χ1v) is 9.33. The van der Waals surface area contributed by atoms with Crippen LogP contribution in [0.4, 0.5) is 0 Å². The Balaban J connectivity index is 1.28. The standard InChI is InChI=1S/C20H26N2O2/c23-19(14-18-13-15-6-7-17(18)12-15)21-8-10-22(11-9-21)20(24)16-4-2-1-3-5-16/h1-5,15,17-18H,6-14H2/t15-,17-,18-/m0/s1. The molecular weight excluding hydrogens is 300 g/mol. The van der Waals surface area contributed by atoms with Crippen molar-refractivity contribution in [3.8, 4) is 0 Å². The molecule has 2 saturated carbocycles. The predicted molar refractivity (Wildman–Crippen MR) is 92.5 cm³/mol. The lowest BCUT2D eigenvalue weighted by Gasteiger charge is -2.35. The Morgan fingerprint density at radius 3 is 2.25 bits per heavy atom. The van der Waals surface area contributed by atoms with E-state index in [-0.39, 0.29) is 5.91 Å². The molecule has 2 bridgehead atoms. The Labute approximate surface area is 143 Å². The Hall–Kier alpha value is -1.84. The van der Waals surface area contributed by atoms with Crippen molar-refractivity contribution in [1.29, 1.82) is 0 Å².